The van der Waals surface area contributed by atoms with Crippen molar-refractivity contribution in [3.05, 3.63) is 12.4 Å². The zero-order valence-corrected chi connectivity index (χ0v) is 17.8. The van der Waals surface area contributed by atoms with Crippen LogP contribution in [0.4, 0.5) is 0 Å². The normalized spacial score (nSPS) is 23.1. The van der Waals surface area contributed by atoms with Gasteiger partial charge in [0.25, 0.3) is 0 Å². The highest BCUT2D eigenvalue weighted by Crippen LogP contribution is 2.37. The van der Waals surface area contributed by atoms with E-state index < -0.39 is 29.3 Å². The quantitative estimate of drug-likeness (QED) is 0.724. The summed E-state index contributed by atoms with van der Waals surface area (Å²) in [6, 6.07) is 2.23. The largest absolute Gasteiger partial charge is 0.498 e. The highest BCUT2D eigenvalue weighted by atomic mass is 16.7. The molecule has 28 heavy (non-hydrogen) atoms. The number of nitrogens with zero attached hydrogens (tertiary/aromatic N) is 4. The van der Waals surface area contributed by atoms with E-state index in [9.17, 15) is 10.1 Å². The monoisotopic (exact) mass is 388 g/mol. The van der Waals surface area contributed by atoms with Gasteiger partial charge in [0.15, 0.2) is 0 Å². The topological polar surface area (TPSA) is 89.6 Å². The lowest BCUT2D eigenvalue weighted by atomic mass is 9.81. The molecular formula is C19H29BN4O4. The smallest absolute Gasteiger partial charge is 0.399 e. The van der Waals surface area contributed by atoms with Gasteiger partial charge in [0.1, 0.15) is 5.54 Å². The van der Waals surface area contributed by atoms with E-state index in [1.54, 1.807) is 15.9 Å². The molecule has 152 valence electrons. The lowest BCUT2D eigenvalue weighted by Crippen LogP contribution is -2.63. The van der Waals surface area contributed by atoms with Gasteiger partial charge in [-0.3, -0.25) is 4.68 Å². The average molecular weight is 388 g/mol. The number of hydrogen-bond donors (Lipinski definition) is 0. The minimum atomic E-state index is -0.580. The van der Waals surface area contributed by atoms with E-state index in [4.69, 9.17) is 14.1 Å². The molecule has 2 saturated heterocycles. The second kappa shape index (κ2) is 6.58. The van der Waals surface area contributed by atoms with Crippen molar-refractivity contribution in [2.24, 2.45) is 5.41 Å². The van der Waals surface area contributed by atoms with E-state index in [1.807, 2.05) is 54.7 Å². The van der Waals surface area contributed by atoms with Gasteiger partial charge in [0, 0.05) is 17.9 Å². The van der Waals surface area contributed by atoms with Crippen LogP contribution in [0.25, 0.3) is 0 Å². The first-order chi connectivity index (χ1) is 12.8. The van der Waals surface area contributed by atoms with Gasteiger partial charge in [-0.1, -0.05) is 0 Å². The van der Waals surface area contributed by atoms with Crippen LogP contribution in [0.2, 0.25) is 0 Å². The van der Waals surface area contributed by atoms with Crippen molar-refractivity contribution in [3.8, 4) is 6.07 Å². The summed E-state index contributed by atoms with van der Waals surface area (Å²) in [5.41, 5.74) is -1.17. The molecule has 0 aliphatic carbocycles. The Balaban J connectivity index is 1.72. The van der Waals surface area contributed by atoms with Crippen molar-refractivity contribution < 1.29 is 18.9 Å². The van der Waals surface area contributed by atoms with Gasteiger partial charge in [-0.05, 0) is 48.5 Å². The van der Waals surface area contributed by atoms with Gasteiger partial charge < -0.3 is 14.1 Å². The fourth-order valence-corrected chi connectivity index (χ4v) is 3.11. The highest BCUT2D eigenvalue weighted by Gasteiger charge is 2.53. The summed E-state index contributed by atoms with van der Waals surface area (Å²) in [7, 11) is -0.507. The second-order valence-electron chi connectivity index (χ2n) is 9.79. The first kappa shape index (κ1) is 20.8. The van der Waals surface area contributed by atoms with Crippen LogP contribution in [0, 0.1) is 16.7 Å². The van der Waals surface area contributed by atoms with Crippen LogP contribution in [0.1, 0.15) is 54.9 Å². The number of carbonyl (C=O) groups excluding carboxylic acids is 1. The lowest BCUT2D eigenvalue weighted by molar-refractivity contribution is -0.244. The van der Waals surface area contributed by atoms with Crippen LogP contribution < -0.4 is 5.46 Å². The predicted molar refractivity (Wildman–Crippen MR) is 103 cm³/mol. The summed E-state index contributed by atoms with van der Waals surface area (Å²) in [5, 5.41) is 15.4. The zero-order chi connectivity index (χ0) is 21.0. The van der Waals surface area contributed by atoms with Gasteiger partial charge in [-0.25, -0.2) is 4.79 Å². The van der Waals surface area contributed by atoms with Gasteiger partial charge in [0.05, 0.1) is 42.2 Å². The Labute approximate surface area is 166 Å². The summed E-state index contributed by atoms with van der Waals surface area (Å²) in [5.74, 6) is -0.295. The molecule has 0 unspecified atom stereocenters. The second-order valence-corrected chi connectivity index (χ2v) is 9.79. The Morgan fingerprint density at radius 1 is 1.29 bits per heavy atom. The average Bonchev–Trinajstić information content (AvgIpc) is 3.07. The highest BCUT2D eigenvalue weighted by molar-refractivity contribution is 6.62. The minimum Gasteiger partial charge on any atom is -0.399 e. The summed E-state index contributed by atoms with van der Waals surface area (Å²) in [6.07, 6.45) is 3.84. The maximum absolute atomic E-state index is 12.1. The van der Waals surface area contributed by atoms with Crippen LogP contribution in [-0.4, -0.2) is 52.2 Å². The van der Waals surface area contributed by atoms with Crippen molar-refractivity contribution in [2.45, 2.75) is 71.6 Å². The van der Waals surface area contributed by atoms with Gasteiger partial charge >= 0.3 is 13.1 Å². The first-order valence-corrected chi connectivity index (χ1v) is 9.55. The lowest BCUT2D eigenvalue weighted by Gasteiger charge is -2.47. The molecular weight excluding hydrogens is 359 g/mol. The van der Waals surface area contributed by atoms with Crippen molar-refractivity contribution in [2.75, 3.05) is 13.1 Å². The Morgan fingerprint density at radius 2 is 1.86 bits per heavy atom. The van der Waals surface area contributed by atoms with Crippen molar-refractivity contribution >= 4 is 18.6 Å². The number of nitriles is 1. The predicted octanol–water partition coefficient (Wildman–Crippen LogP) is 1.61. The molecule has 0 radical (unpaired) electrons. The van der Waals surface area contributed by atoms with E-state index >= 15 is 0 Å². The SMILES string of the molecule is CC(C)(C)C(=O)ON1CC(CC#N)(n2cc(B3OC(C)(C)C(C)(C)O3)cn2)C1. The minimum absolute atomic E-state index is 0.265. The van der Waals surface area contributed by atoms with Crippen LogP contribution in [-0.2, 0) is 24.5 Å². The van der Waals surface area contributed by atoms with Crippen LogP contribution in [0.15, 0.2) is 12.4 Å². The van der Waals surface area contributed by atoms with Gasteiger partial charge in [-0.2, -0.15) is 10.4 Å². The fourth-order valence-electron chi connectivity index (χ4n) is 3.11. The molecule has 0 spiro atoms. The molecule has 8 nitrogen and oxygen atoms in total. The van der Waals surface area contributed by atoms with E-state index in [0.29, 0.717) is 13.1 Å². The summed E-state index contributed by atoms with van der Waals surface area (Å²) >= 11 is 0. The number of hydrogen-bond acceptors (Lipinski definition) is 7. The van der Waals surface area contributed by atoms with Crippen molar-refractivity contribution in [1.29, 1.82) is 5.26 Å². The zero-order valence-electron chi connectivity index (χ0n) is 17.8. The summed E-state index contributed by atoms with van der Waals surface area (Å²) in [4.78, 5) is 17.5. The van der Waals surface area contributed by atoms with Gasteiger partial charge in [-0.15, -0.1) is 5.06 Å². The molecule has 3 heterocycles. The van der Waals surface area contributed by atoms with E-state index in [1.165, 1.54) is 0 Å². The summed E-state index contributed by atoms with van der Waals surface area (Å²) < 4.78 is 13.9. The molecule has 0 amide bonds. The molecule has 0 atom stereocenters. The molecule has 0 aromatic carbocycles. The molecule has 2 aliphatic rings. The number of carbonyl (C=O) groups is 1. The third-order valence-corrected chi connectivity index (χ3v) is 5.79. The standard InChI is InChI=1S/C19H29BN4O4/c1-16(2,3)15(25)26-23-12-19(13-23,8-9-21)24-11-14(10-22-24)20-27-17(4,5)18(6,7)28-20/h10-11H,8,12-13H2,1-7H3. The molecule has 2 aliphatic heterocycles. The Morgan fingerprint density at radius 3 is 2.36 bits per heavy atom. The van der Waals surface area contributed by atoms with Crippen LogP contribution in [0.5, 0.6) is 0 Å². The molecule has 1 aromatic rings. The molecule has 0 saturated carbocycles. The van der Waals surface area contributed by atoms with Crippen LogP contribution in [0.3, 0.4) is 0 Å². The van der Waals surface area contributed by atoms with E-state index in [-0.39, 0.29) is 12.4 Å². The fraction of sp³-hybridized carbons (Fsp3) is 0.737. The molecule has 0 bridgehead atoms. The number of hydroxylamine groups is 2. The van der Waals surface area contributed by atoms with E-state index in [0.717, 1.165) is 5.46 Å². The third-order valence-electron chi connectivity index (χ3n) is 5.79. The maximum Gasteiger partial charge on any atom is 0.498 e. The molecule has 0 N–H and O–H groups in total. The van der Waals surface area contributed by atoms with Crippen LogP contribution >= 0.6 is 0 Å². The molecule has 2 fully saturated rings. The maximum atomic E-state index is 12.1. The molecule has 9 heteroatoms. The Kier molecular flexibility index (Phi) is 4.90. The number of aromatic nitrogens is 2. The molecule has 3 rings (SSSR count). The third kappa shape index (κ3) is 3.57. The summed E-state index contributed by atoms with van der Waals surface area (Å²) in [6.45, 7) is 14.2. The Hall–Kier alpha value is -1.89. The first-order valence-electron chi connectivity index (χ1n) is 9.55. The van der Waals surface area contributed by atoms with Crippen molar-refractivity contribution in [3.63, 3.8) is 0 Å². The van der Waals surface area contributed by atoms with Gasteiger partial charge in [0.2, 0.25) is 0 Å². The molecule has 1 aromatic heterocycles. The van der Waals surface area contributed by atoms with E-state index in [2.05, 4.69) is 11.2 Å². The van der Waals surface area contributed by atoms with Crippen molar-refractivity contribution in [1.82, 2.24) is 14.8 Å². The number of rotatable bonds is 4. The Bertz CT molecular complexity index is 784.